The Morgan fingerprint density at radius 1 is 0.909 bits per heavy atom. The third-order valence-electron chi connectivity index (χ3n) is 5.19. The molecule has 0 unspecified atom stereocenters. The van der Waals surface area contributed by atoms with Crippen LogP contribution in [0, 0.1) is 6.92 Å². The third-order valence-corrected chi connectivity index (χ3v) is 6.33. The number of hydrogen-bond donors (Lipinski definition) is 1. The fraction of sp³-hybridized carbons (Fsp3) is 0.240. The van der Waals surface area contributed by atoms with Gasteiger partial charge in [-0.3, -0.25) is 9.10 Å². The Balaban J connectivity index is 1.90. The van der Waals surface area contributed by atoms with Crippen molar-refractivity contribution in [2.75, 3.05) is 31.3 Å². The van der Waals surface area contributed by atoms with Gasteiger partial charge >= 0.3 is 0 Å². The fourth-order valence-corrected chi connectivity index (χ4v) is 4.33. The first-order chi connectivity index (χ1) is 15.7. The molecule has 0 aliphatic rings. The number of aryl methyl sites for hydroxylation is 1. The van der Waals surface area contributed by atoms with Crippen molar-refractivity contribution in [1.29, 1.82) is 0 Å². The molecule has 0 fully saturated rings. The van der Waals surface area contributed by atoms with Crippen LogP contribution < -0.4 is 19.1 Å². The highest BCUT2D eigenvalue weighted by molar-refractivity contribution is 7.92. The average Bonchev–Trinajstić information content (AvgIpc) is 2.81. The van der Waals surface area contributed by atoms with E-state index in [0.717, 1.165) is 27.3 Å². The predicted molar refractivity (Wildman–Crippen MR) is 129 cm³/mol. The Morgan fingerprint density at radius 3 is 2.09 bits per heavy atom. The Labute approximate surface area is 195 Å². The molecule has 174 valence electrons. The monoisotopic (exact) mass is 468 g/mol. The van der Waals surface area contributed by atoms with Crippen LogP contribution in [0.5, 0.6) is 11.5 Å². The summed E-state index contributed by atoms with van der Waals surface area (Å²) in [5, 5.41) is 2.99. The second kappa shape index (κ2) is 10.4. The molecule has 0 saturated heterocycles. The quantitative estimate of drug-likeness (QED) is 0.518. The summed E-state index contributed by atoms with van der Waals surface area (Å²) in [5.74, 6) is 0.387. The second-order valence-corrected chi connectivity index (χ2v) is 9.54. The molecule has 0 aromatic heterocycles. The minimum atomic E-state index is -3.75. The molecule has 7 nitrogen and oxygen atoms in total. The number of nitrogens with zero attached hydrogens (tertiary/aromatic N) is 1. The van der Waals surface area contributed by atoms with Crippen LogP contribution in [-0.4, -0.2) is 41.3 Å². The lowest BCUT2D eigenvalue weighted by molar-refractivity contribution is -0.120. The second-order valence-electron chi connectivity index (χ2n) is 7.63. The molecular formula is C25H28N2O5S. The van der Waals surface area contributed by atoms with Crippen LogP contribution >= 0.6 is 0 Å². The van der Waals surface area contributed by atoms with Crippen molar-refractivity contribution >= 4 is 21.6 Å². The number of hydrogen-bond acceptors (Lipinski definition) is 5. The molecule has 3 rings (SSSR count). The molecule has 1 N–H and O–H groups in total. The van der Waals surface area contributed by atoms with Gasteiger partial charge in [0, 0.05) is 6.07 Å². The van der Waals surface area contributed by atoms with Crippen molar-refractivity contribution in [2.45, 2.75) is 13.0 Å². The van der Waals surface area contributed by atoms with E-state index in [-0.39, 0.29) is 6.54 Å². The largest absolute Gasteiger partial charge is 0.493 e. The predicted octanol–water partition coefficient (Wildman–Crippen LogP) is 3.68. The minimum absolute atomic E-state index is 0.303. The average molecular weight is 469 g/mol. The highest BCUT2D eigenvalue weighted by atomic mass is 32.2. The smallest absolute Gasteiger partial charge is 0.241 e. The molecule has 0 heterocycles. The Kier molecular flexibility index (Phi) is 7.60. The van der Waals surface area contributed by atoms with Crippen LogP contribution in [0.2, 0.25) is 0 Å². The molecule has 1 atom stereocenters. The van der Waals surface area contributed by atoms with Crippen LogP contribution in [0.1, 0.15) is 22.7 Å². The van der Waals surface area contributed by atoms with Gasteiger partial charge in [-0.05, 0) is 30.2 Å². The zero-order valence-electron chi connectivity index (χ0n) is 19.1. The number of rotatable bonds is 9. The number of carbonyl (C=O) groups is 1. The highest BCUT2D eigenvalue weighted by Gasteiger charge is 2.24. The van der Waals surface area contributed by atoms with E-state index in [2.05, 4.69) is 5.32 Å². The summed E-state index contributed by atoms with van der Waals surface area (Å²) in [6.45, 7) is 1.61. The Morgan fingerprint density at radius 2 is 1.52 bits per heavy atom. The van der Waals surface area contributed by atoms with Gasteiger partial charge in [-0.1, -0.05) is 60.2 Å². The summed E-state index contributed by atoms with van der Waals surface area (Å²) in [5.41, 5.74) is 3.20. The maximum atomic E-state index is 13.1. The number of carbonyl (C=O) groups excluding carboxylic acids is 1. The van der Waals surface area contributed by atoms with Crippen molar-refractivity contribution in [2.24, 2.45) is 0 Å². The summed E-state index contributed by atoms with van der Waals surface area (Å²) in [6.07, 6.45) is 1.06. The summed E-state index contributed by atoms with van der Waals surface area (Å²) in [7, 11) is -0.795. The molecule has 0 saturated carbocycles. The van der Waals surface area contributed by atoms with Gasteiger partial charge in [0.05, 0.1) is 32.2 Å². The number of methoxy groups -OCH3 is 2. The zero-order chi connectivity index (χ0) is 24.0. The standard InChI is InChI=1S/C25H28N2O5S/c1-18-10-12-20(13-11-18)25(19-8-6-5-7-9-19)26-24(28)17-27(33(4,29)30)21-14-15-22(31-2)23(16-21)32-3/h5-16,25H,17H2,1-4H3,(H,26,28)/t25-/m0/s1. The van der Waals surface area contributed by atoms with E-state index in [1.165, 1.54) is 20.3 Å². The van der Waals surface area contributed by atoms with Gasteiger partial charge in [0.1, 0.15) is 6.54 Å². The van der Waals surface area contributed by atoms with Gasteiger partial charge in [-0.15, -0.1) is 0 Å². The molecule has 3 aromatic rings. The molecule has 0 aliphatic carbocycles. The molecule has 0 spiro atoms. The van der Waals surface area contributed by atoms with E-state index in [4.69, 9.17) is 9.47 Å². The summed E-state index contributed by atoms with van der Waals surface area (Å²) in [4.78, 5) is 13.1. The normalized spacial score (nSPS) is 12.0. The minimum Gasteiger partial charge on any atom is -0.493 e. The molecule has 0 bridgehead atoms. The van der Waals surface area contributed by atoms with Crippen molar-refractivity contribution in [1.82, 2.24) is 5.32 Å². The van der Waals surface area contributed by atoms with Crippen LogP contribution in [0.4, 0.5) is 5.69 Å². The molecule has 33 heavy (non-hydrogen) atoms. The SMILES string of the molecule is COc1ccc(N(CC(=O)N[C@@H](c2ccccc2)c2ccc(C)cc2)S(C)(=O)=O)cc1OC. The Bertz CT molecular complexity index is 1200. The number of anilines is 1. The van der Waals surface area contributed by atoms with Crippen LogP contribution in [0.3, 0.4) is 0 Å². The lowest BCUT2D eigenvalue weighted by Gasteiger charge is -2.25. The number of ether oxygens (including phenoxy) is 2. The van der Waals surface area contributed by atoms with Crippen LogP contribution in [0.25, 0.3) is 0 Å². The molecule has 8 heteroatoms. The first-order valence-corrected chi connectivity index (χ1v) is 12.2. The lowest BCUT2D eigenvalue weighted by atomic mass is 9.98. The summed E-state index contributed by atoms with van der Waals surface area (Å²) in [6, 6.07) is 21.7. The molecule has 3 aromatic carbocycles. The van der Waals surface area contributed by atoms with Crippen LogP contribution in [-0.2, 0) is 14.8 Å². The van der Waals surface area contributed by atoms with E-state index in [0.29, 0.717) is 17.2 Å². The Hall–Kier alpha value is -3.52. The van der Waals surface area contributed by atoms with Crippen molar-refractivity contribution in [3.05, 3.63) is 89.5 Å². The lowest BCUT2D eigenvalue weighted by Crippen LogP contribution is -2.41. The number of nitrogens with one attached hydrogen (secondary N) is 1. The highest BCUT2D eigenvalue weighted by Crippen LogP contribution is 2.32. The van der Waals surface area contributed by atoms with E-state index in [1.54, 1.807) is 12.1 Å². The van der Waals surface area contributed by atoms with Crippen molar-refractivity contribution < 1.29 is 22.7 Å². The van der Waals surface area contributed by atoms with Gasteiger partial charge in [0.15, 0.2) is 11.5 Å². The van der Waals surface area contributed by atoms with Gasteiger partial charge in [-0.2, -0.15) is 0 Å². The zero-order valence-corrected chi connectivity index (χ0v) is 19.9. The fourth-order valence-electron chi connectivity index (χ4n) is 3.48. The van der Waals surface area contributed by atoms with Gasteiger partial charge < -0.3 is 14.8 Å². The van der Waals surface area contributed by atoms with Crippen molar-refractivity contribution in [3.63, 3.8) is 0 Å². The maximum Gasteiger partial charge on any atom is 0.241 e. The third kappa shape index (κ3) is 6.04. The first-order valence-electron chi connectivity index (χ1n) is 10.3. The first kappa shape index (κ1) is 24.1. The maximum absolute atomic E-state index is 13.1. The topological polar surface area (TPSA) is 84.9 Å². The molecular weight excluding hydrogens is 440 g/mol. The molecule has 0 radical (unpaired) electrons. The number of amides is 1. The van der Waals surface area contributed by atoms with E-state index in [9.17, 15) is 13.2 Å². The van der Waals surface area contributed by atoms with Crippen molar-refractivity contribution in [3.8, 4) is 11.5 Å². The van der Waals surface area contributed by atoms with Gasteiger partial charge in [0.2, 0.25) is 15.9 Å². The molecule has 0 aliphatic heterocycles. The van der Waals surface area contributed by atoms with E-state index < -0.39 is 22.0 Å². The summed E-state index contributed by atoms with van der Waals surface area (Å²) >= 11 is 0. The van der Waals surface area contributed by atoms with Crippen LogP contribution in [0.15, 0.2) is 72.8 Å². The number of sulfonamides is 1. The molecule has 1 amide bonds. The van der Waals surface area contributed by atoms with Gasteiger partial charge in [0.25, 0.3) is 0 Å². The summed E-state index contributed by atoms with van der Waals surface area (Å²) < 4.78 is 36.7. The number of benzene rings is 3. The van der Waals surface area contributed by atoms with E-state index >= 15 is 0 Å². The van der Waals surface area contributed by atoms with Gasteiger partial charge in [-0.25, -0.2) is 8.42 Å². The van der Waals surface area contributed by atoms with E-state index in [1.807, 2.05) is 61.5 Å².